The maximum absolute atomic E-state index is 12.1. The smallest absolute Gasteiger partial charge is 0.335 e. The van der Waals surface area contributed by atoms with Gasteiger partial charge in [0, 0.05) is 5.92 Å². The molecule has 0 aromatic heterocycles. The van der Waals surface area contributed by atoms with E-state index in [1.807, 2.05) is 48.5 Å². The van der Waals surface area contributed by atoms with E-state index < -0.39 is 5.97 Å². The lowest BCUT2D eigenvalue weighted by molar-refractivity contribution is 0.00321. The molecular formula is C48H68O16. The Morgan fingerprint density at radius 2 is 0.906 bits per heavy atom. The van der Waals surface area contributed by atoms with Gasteiger partial charge in [-0.05, 0) is 66.8 Å². The Hall–Kier alpha value is -4.49. The number of hydrogen-bond acceptors (Lipinski definition) is 15. The predicted octanol–water partition coefficient (Wildman–Crippen LogP) is 6.44. The molecule has 0 fully saturated rings. The molecule has 1 atom stereocenters. The van der Waals surface area contributed by atoms with Crippen LogP contribution in [0.1, 0.15) is 40.7 Å². The van der Waals surface area contributed by atoms with E-state index in [4.69, 9.17) is 66.3 Å². The number of aromatic carboxylic acids is 1. The van der Waals surface area contributed by atoms with Crippen molar-refractivity contribution in [3.63, 3.8) is 0 Å². The van der Waals surface area contributed by atoms with Gasteiger partial charge in [-0.15, -0.1) is 0 Å². The van der Waals surface area contributed by atoms with Crippen molar-refractivity contribution in [1.82, 2.24) is 0 Å². The number of carboxylic acids is 1. The zero-order valence-corrected chi connectivity index (χ0v) is 37.5. The topological polar surface area (TPSA) is 167 Å². The van der Waals surface area contributed by atoms with Crippen LogP contribution in [0.3, 0.4) is 0 Å². The highest BCUT2D eigenvalue weighted by Crippen LogP contribution is 2.39. The Morgan fingerprint density at radius 3 is 1.30 bits per heavy atom. The van der Waals surface area contributed by atoms with E-state index in [1.165, 1.54) is 25.0 Å². The second-order valence-electron chi connectivity index (χ2n) is 14.3. The predicted molar refractivity (Wildman–Crippen MR) is 237 cm³/mol. The molecule has 0 aliphatic heterocycles. The molecule has 1 aliphatic carbocycles. The van der Waals surface area contributed by atoms with Crippen molar-refractivity contribution < 1.29 is 76.2 Å². The Labute approximate surface area is 377 Å². The van der Waals surface area contributed by atoms with Crippen molar-refractivity contribution >= 4 is 5.97 Å². The third kappa shape index (κ3) is 22.9. The molecule has 1 N–H and O–H groups in total. The van der Waals surface area contributed by atoms with E-state index in [-0.39, 0.29) is 62.5 Å². The number of methoxy groups -OCH3 is 2. The molecule has 356 valence electrons. The largest absolute Gasteiger partial charge is 0.497 e. The summed E-state index contributed by atoms with van der Waals surface area (Å²) >= 11 is 0. The molecule has 3 aromatic rings. The quantitative estimate of drug-likeness (QED) is 0.0490. The van der Waals surface area contributed by atoms with E-state index in [2.05, 4.69) is 12.2 Å². The number of ether oxygens (including phenoxy) is 14. The van der Waals surface area contributed by atoms with Crippen LogP contribution in [0, 0.1) is 5.92 Å². The van der Waals surface area contributed by atoms with Crippen LogP contribution in [0.15, 0.2) is 72.8 Å². The number of hydrogen-bond donors (Lipinski definition) is 1. The van der Waals surface area contributed by atoms with Gasteiger partial charge in [0.1, 0.15) is 31.3 Å². The molecule has 0 saturated carbocycles. The number of carboxylic acid groups (broad SMARTS) is 1. The molecule has 16 nitrogen and oxygen atoms in total. The maximum Gasteiger partial charge on any atom is 0.335 e. The lowest BCUT2D eigenvalue weighted by Gasteiger charge is -2.18. The van der Waals surface area contributed by atoms with Crippen molar-refractivity contribution in [1.29, 1.82) is 0 Å². The fourth-order valence-corrected chi connectivity index (χ4v) is 6.08. The van der Waals surface area contributed by atoms with Gasteiger partial charge in [-0.2, -0.15) is 0 Å². The summed E-state index contributed by atoms with van der Waals surface area (Å²) in [5, 5.41) is 9.90. The van der Waals surface area contributed by atoms with Gasteiger partial charge < -0.3 is 71.4 Å². The van der Waals surface area contributed by atoms with Crippen molar-refractivity contribution in [2.45, 2.75) is 32.5 Å². The van der Waals surface area contributed by atoms with E-state index >= 15 is 0 Å². The summed E-state index contributed by atoms with van der Waals surface area (Å²) in [5.74, 6) is 1.57. The van der Waals surface area contributed by atoms with Crippen LogP contribution in [0.5, 0.6) is 28.7 Å². The van der Waals surface area contributed by atoms with Crippen LogP contribution in [0.2, 0.25) is 0 Å². The highest BCUT2D eigenvalue weighted by molar-refractivity contribution is 5.89. The molecular weight excluding hydrogens is 833 g/mol. The van der Waals surface area contributed by atoms with E-state index in [0.29, 0.717) is 98.4 Å². The number of allylic oxidation sites excluding steroid dienone is 1. The summed E-state index contributed by atoms with van der Waals surface area (Å²) in [6.45, 7) is 7.72. The van der Waals surface area contributed by atoms with Gasteiger partial charge in [-0.1, -0.05) is 36.4 Å². The summed E-state index contributed by atoms with van der Waals surface area (Å²) in [4.78, 5) is 12.1. The Bertz CT molecular complexity index is 1580. The second-order valence-corrected chi connectivity index (χ2v) is 14.3. The number of benzene rings is 3. The third-order valence-corrected chi connectivity index (χ3v) is 9.49. The van der Waals surface area contributed by atoms with Gasteiger partial charge in [-0.25, -0.2) is 4.79 Å². The minimum atomic E-state index is -1.15. The second kappa shape index (κ2) is 33.9. The summed E-state index contributed by atoms with van der Waals surface area (Å²) < 4.78 is 79.5. The number of rotatable bonds is 39. The molecule has 16 heteroatoms. The standard InChI is InChI=1S/C48H68O16/c1-51-43-12-8-40(9-13-43)37-60-26-23-53-16-19-56-28-31-62-45-34-42(48(49)50)35-46(47(45)64-33-30-58-21-18-55-22-25-59-36-39-6-4-3-5-7-39)63-32-29-57-20-17-54-24-27-61-38-41-10-14-44(52-2)15-11-41/h4,6,8-15,34-35,39H,3,5,7,16-33,36-38H2,1-2H3,(H,49,50). The highest BCUT2D eigenvalue weighted by atomic mass is 16.6. The van der Waals surface area contributed by atoms with Gasteiger partial charge in [0.05, 0.1) is 139 Å². The van der Waals surface area contributed by atoms with Crippen LogP contribution in [0.4, 0.5) is 0 Å². The molecule has 0 bridgehead atoms. The minimum absolute atomic E-state index is 0.0306. The summed E-state index contributed by atoms with van der Waals surface area (Å²) in [6.07, 6.45) is 8.00. The van der Waals surface area contributed by atoms with Gasteiger partial charge in [0.2, 0.25) is 5.75 Å². The molecule has 3 aromatic carbocycles. The van der Waals surface area contributed by atoms with Crippen molar-refractivity contribution in [2.75, 3.05) is 140 Å². The highest BCUT2D eigenvalue weighted by Gasteiger charge is 2.19. The lowest BCUT2D eigenvalue weighted by atomic mass is 9.97. The molecule has 0 spiro atoms. The maximum atomic E-state index is 12.1. The van der Waals surface area contributed by atoms with E-state index in [0.717, 1.165) is 35.7 Å². The molecule has 0 amide bonds. The Morgan fingerprint density at radius 1 is 0.516 bits per heavy atom. The van der Waals surface area contributed by atoms with Crippen LogP contribution < -0.4 is 23.7 Å². The SMILES string of the molecule is COc1ccc(COCCOCCOCCOc2cc(C(=O)O)cc(OCCOCCOCCOCc3ccc(OC)cc3)c2OCCOCCOCCOCC2C=CCCC2)cc1. The van der Waals surface area contributed by atoms with E-state index in [1.54, 1.807) is 14.2 Å². The molecule has 4 rings (SSSR count). The summed E-state index contributed by atoms with van der Waals surface area (Å²) in [5.41, 5.74) is 2.06. The minimum Gasteiger partial charge on any atom is -0.497 e. The van der Waals surface area contributed by atoms with Crippen molar-refractivity contribution in [3.8, 4) is 28.7 Å². The molecule has 0 radical (unpaired) electrons. The first-order valence-corrected chi connectivity index (χ1v) is 22.0. The lowest BCUT2D eigenvalue weighted by Crippen LogP contribution is -2.16. The molecule has 1 aliphatic rings. The average molecular weight is 901 g/mol. The Balaban J connectivity index is 1.14. The Kier molecular flexibility index (Phi) is 27.6. The molecule has 0 saturated heterocycles. The van der Waals surface area contributed by atoms with Crippen molar-refractivity contribution in [2.24, 2.45) is 5.92 Å². The molecule has 64 heavy (non-hydrogen) atoms. The zero-order valence-electron chi connectivity index (χ0n) is 37.5. The van der Waals surface area contributed by atoms with Gasteiger partial charge in [0.25, 0.3) is 0 Å². The van der Waals surface area contributed by atoms with Gasteiger partial charge in [0.15, 0.2) is 11.5 Å². The first kappa shape index (κ1) is 52.1. The van der Waals surface area contributed by atoms with E-state index in [9.17, 15) is 9.90 Å². The first-order chi connectivity index (χ1) is 31.6. The monoisotopic (exact) mass is 900 g/mol. The van der Waals surface area contributed by atoms with Crippen LogP contribution >= 0.6 is 0 Å². The van der Waals surface area contributed by atoms with Gasteiger partial charge in [-0.3, -0.25) is 0 Å². The first-order valence-electron chi connectivity index (χ1n) is 22.0. The van der Waals surface area contributed by atoms with Gasteiger partial charge >= 0.3 is 5.97 Å². The summed E-state index contributed by atoms with van der Waals surface area (Å²) in [6, 6.07) is 18.2. The zero-order chi connectivity index (χ0) is 45.1. The fraction of sp³-hybridized carbons (Fsp3) is 0.562. The molecule has 1 unspecified atom stereocenters. The van der Waals surface area contributed by atoms with Crippen molar-refractivity contribution in [3.05, 3.63) is 89.5 Å². The van der Waals surface area contributed by atoms with Crippen LogP contribution in [-0.4, -0.2) is 151 Å². The third-order valence-electron chi connectivity index (χ3n) is 9.49. The fourth-order valence-electron chi connectivity index (χ4n) is 6.08. The van der Waals surface area contributed by atoms with Crippen LogP contribution in [0.25, 0.3) is 0 Å². The molecule has 0 heterocycles. The number of carbonyl (C=O) groups is 1. The normalized spacial score (nSPS) is 13.5. The average Bonchev–Trinajstić information content (AvgIpc) is 3.32. The van der Waals surface area contributed by atoms with Crippen LogP contribution in [-0.2, 0) is 55.8 Å². The summed E-state index contributed by atoms with van der Waals surface area (Å²) in [7, 11) is 3.27.